The molecule has 0 aliphatic heterocycles. The molecule has 4 nitrogen and oxygen atoms in total. The summed E-state index contributed by atoms with van der Waals surface area (Å²) in [4.78, 5) is 1.49. The van der Waals surface area contributed by atoms with Crippen molar-refractivity contribution in [2.24, 2.45) is 5.92 Å². The zero-order chi connectivity index (χ0) is 14.6. The van der Waals surface area contributed by atoms with Crippen LogP contribution in [0.25, 0.3) is 0 Å². The maximum Gasteiger partial charge on any atom is 0.243 e. The number of nitrogens with zero attached hydrogens (tertiary/aromatic N) is 1. The van der Waals surface area contributed by atoms with E-state index in [4.69, 9.17) is 0 Å². The van der Waals surface area contributed by atoms with E-state index < -0.39 is 10.0 Å². The molecule has 0 aromatic carbocycles. The summed E-state index contributed by atoms with van der Waals surface area (Å²) in [6, 6.07) is 1.79. The van der Waals surface area contributed by atoms with E-state index >= 15 is 0 Å². The summed E-state index contributed by atoms with van der Waals surface area (Å²) in [5.41, 5.74) is 0. The molecule has 1 aromatic heterocycles. The number of thiophene rings is 1. The molecule has 1 saturated carbocycles. The van der Waals surface area contributed by atoms with E-state index in [1.54, 1.807) is 18.5 Å². The maximum absolute atomic E-state index is 12.5. The van der Waals surface area contributed by atoms with Crippen molar-refractivity contribution in [3.63, 3.8) is 0 Å². The molecule has 0 radical (unpaired) electrons. The highest BCUT2D eigenvalue weighted by atomic mass is 32.2. The minimum atomic E-state index is -3.32. The summed E-state index contributed by atoms with van der Waals surface area (Å²) in [6.45, 7) is 1.37. The molecule has 1 aliphatic rings. The van der Waals surface area contributed by atoms with Gasteiger partial charge in [-0.05, 0) is 31.9 Å². The van der Waals surface area contributed by atoms with Crippen LogP contribution >= 0.6 is 11.3 Å². The lowest BCUT2D eigenvalue weighted by Gasteiger charge is -2.26. The topological polar surface area (TPSA) is 49.4 Å². The van der Waals surface area contributed by atoms with Crippen LogP contribution in [0.3, 0.4) is 0 Å². The van der Waals surface area contributed by atoms with Gasteiger partial charge in [-0.15, -0.1) is 11.3 Å². The van der Waals surface area contributed by atoms with Gasteiger partial charge < -0.3 is 5.32 Å². The molecule has 0 spiro atoms. The number of sulfonamides is 1. The summed E-state index contributed by atoms with van der Waals surface area (Å²) in [5.74, 6) is 0.527. The van der Waals surface area contributed by atoms with Crippen molar-refractivity contribution in [3.8, 4) is 0 Å². The minimum Gasteiger partial charge on any atom is -0.315 e. The average molecular weight is 316 g/mol. The van der Waals surface area contributed by atoms with E-state index in [0.717, 1.165) is 17.7 Å². The van der Waals surface area contributed by atoms with Gasteiger partial charge in [-0.25, -0.2) is 12.7 Å². The molecule has 1 N–H and O–H groups in total. The molecular formula is C14H24N2O2S2. The second kappa shape index (κ2) is 7.02. The molecule has 114 valence electrons. The normalized spacial score (nSPS) is 17.8. The van der Waals surface area contributed by atoms with Crippen molar-refractivity contribution >= 4 is 21.4 Å². The van der Waals surface area contributed by atoms with Gasteiger partial charge in [-0.2, -0.15) is 0 Å². The Hall–Kier alpha value is -0.430. The van der Waals surface area contributed by atoms with Crippen molar-refractivity contribution in [2.45, 2.75) is 43.5 Å². The Morgan fingerprint density at radius 2 is 2.05 bits per heavy atom. The molecule has 6 heteroatoms. The zero-order valence-corrected chi connectivity index (χ0v) is 13.9. The number of rotatable bonds is 6. The predicted octanol–water partition coefficient (Wildman–Crippen LogP) is 2.67. The van der Waals surface area contributed by atoms with E-state index in [1.165, 1.54) is 34.9 Å². The second-order valence-electron chi connectivity index (χ2n) is 5.57. The van der Waals surface area contributed by atoms with Crippen molar-refractivity contribution < 1.29 is 8.42 Å². The van der Waals surface area contributed by atoms with Gasteiger partial charge in [0, 0.05) is 30.4 Å². The second-order valence-corrected chi connectivity index (χ2v) is 8.61. The van der Waals surface area contributed by atoms with Crippen LogP contribution in [0.5, 0.6) is 0 Å². The standard InChI is InChI=1S/C14H24N2O2S2/c1-15-9-13-8-14(11-19-13)20(17,18)16(2)10-12-6-4-3-5-7-12/h8,11-12,15H,3-7,9-10H2,1-2H3. The Labute approximate surface area is 126 Å². The van der Waals surface area contributed by atoms with Gasteiger partial charge in [-0.1, -0.05) is 19.3 Å². The Morgan fingerprint density at radius 3 is 2.70 bits per heavy atom. The summed E-state index contributed by atoms with van der Waals surface area (Å²) in [7, 11) is 0.252. The number of nitrogens with one attached hydrogen (secondary N) is 1. The van der Waals surface area contributed by atoms with Crippen LogP contribution in [-0.2, 0) is 16.6 Å². The van der Waals surface area contributed by atoms with Gasteiger partial charge in [0.2, 0.25) is 10.0 Å². The van der Waals surface area contributed by atoms with E-state index in [9.17, 15) is 8.42 Å². The first kappa shape index (κ1) is 15.9. The monoisotopic (exact) mass is 316 g/mol. The Kier molecular flexibility index (Phi) is 5.60. The van der Waals surface area contributed by atoms with Crippen LogP contribution in [0, 0.1) is 5.92 Å². The lowest BCUT2D eigenvalue weighted by Crippen LogP contribution is -2.32. The predicted molar refractivity (Wildman–Crippen MR) is 83.5 cm³/mol. The van der Waals surface area contributed by atoms with Crippen molar-refractivity contribution in [3.05, 3.63) is 16.3 Å². The third kappa shape index (κ3) is 3.81. The molecule has 0 saturated heterocycles. The highest BCUT2D eigenvalue weighted by molar-refractivity contribution is 7.89. The molecule has 20 heavy (non-hydrogen) atoms. The quantitative estimate of drug-likeness (QED) is 0.878. The lowest BCUT2D eigenvalue weighted by molar-refractivity contribution is 0.300. The molecule has 1 heterocycles. The first-order valence-electron chi connectivity index (χ1n) is 7.22. The molecule has 2 rings (SSSR count). The molecular weight excluding hydrogens is 292 g/mol. The fraction of sp³-hybridized carbons (Fsp3) is 0.714. The van der Waals surface area contributed by atoms with E-state index in [0.29, 0.717) is 23.9 Å². The van der Waals surface area contributed by atoms with Crippen LogP contribution in [0.1, 0.15) is 37.0 Å². The van der Waals surface area contributed by atoms with Gasteiger partial charge in [0.25, 0.3) is 0 Å². The fourth-order valence-electron chi connectivity index (χ4n) is 2.77. The highest BCUT2D eigenvalue weighted by Gasteiger charge is 2.25. The number of hydrogen-bond acceptors (Lipinski definition) is 4. The molecule has 0 bridgehead atoms. The highest BCUT2D eigenvalue weighted by Crippen LogP contribution is 2.27. The summed E-state index contributed by atoms with van der Waals surface area (Å²) in [5, 5.41) is 4.80. The molecule has 1 aromatic rings. The Bertz CT molecular complexity index is 519. The summed E-state index contributed by atoms with van der Waals surface area (Å²) < 4.78 is 26.6. The largest absolute Gasteiger partial charge is 0.315 e. The van der Waals surface area contributed by atoms with Crippen molar-refractivity contribution in [1.29, 1.82) is 0 Å². The smallest absolute Gasteiger partial charge is 0.243 e. The zero-order valence-electron chi connectivity index (χ0n) is 12.3. The van der Waals surface area contributed by atoms with Crippen LogP contribution in [0.2, 0.25) is 0 Å². The van der Waals surface area contributed by atoms with Gasteiger partial charge in [0.1, 0.15) is 0 Å². The van der Waals surface area contributed by atoms with Crippen LogP contribution in [0.15, 0.2) is 16.3 Å². The lowest BCUT2D eigenvalue weighted by atomic mass is 9.89. The van der Waals surface area contributed by atoms with Crippen molar-refractivity contribution in [1.82, 2.24) is 9.62 Å². The average Bonchev–Trinajstić information content (AvgIpc) is 2.89. The molecule has 0 atom stereocenters. The van der Waals surface area contributed by atoms with Crippen LogP contribution < -0.4 is 5.32 Å². The van der Waals surface area contributed by atoms with Gasteiger partial charge in [-0.3, -0.25) is 0 Å². The van der Waals surface area contributed by atoms with Crippen molar-refractivity contribution in [2.75, 3.05) is 20.6 Å². The SMILES string of the molecule is CNCc1cc(S(=O)(=O)N(C)CC2CCCCC2)cs1. The van der Waals surface area contributed by atoms with Crippen LogP contribution in [-0.4, -0.2) is 33.4 Å². The molecule has 0 unspecified atom stereocenters. The summed E-state index contributed by atoms with van der Waals surface area (Å²) in [6.07, 6.45) is 6.10. The third-order valence-electron chi connectivity index (χ3n) is 3.93. The fourth-order valence-corrected chi connectivity index (χ4v) is 5.30. The molecule has 1 aliphatic carbocycles. The first-order chi connectivity index (χ1) is 9.54. The third-order valence-corrected chi connectivity index (χ3v) is 6.82. The van der Waals surface area contributed by atoms with Gasteiger partial charge in [0.15, 0.2) is 0 Å². The maximum atomic E-state index is 12.5. The Balaban J connectivity index is 2.03. The first-order valence-corrected chi connectivity index (χ1v) is 9.54. The summed E-state index contributed by atoms with van der Waals surface area (Å²) >= 11 is 1.50. The van der Waals surface area contributed by atoms with E-state index in [-0.39, 0.29) is 0 Å². The minimum absolute atomic E-state index is 0.436. The van der Waals surface area contributed by atoms with E-state index in [1.807, 2.05) is 7.05 Å². The molecule has 1 fully saturated rings. The van der Waals surface area contributed by atoms with Crippen LogP contribution in [0.4, 0.5) is 0 Å². The van der Waals surface area contributed by atoms with Gasteiger partial charge >= 0.3 is 0 Å². The Morgan fingerprint density at radius 1 is 1.35 bits per heavy atom. The van der Waals surface area contributed by atoms with E-state index in [2.05, 4.69) is 5.32 Å². The number of hydrogen-bond donors (Lipinski definition) is 1. The van der Waals surface area contributed by atoms with Gasteiger partial charge in [0.05, 0.1) is 4.90 Å². The molecule has 0 amide bonds.